The molecule has 0 fully saturated rings. The molecule has 1 aromatic rings. The Bertz CT molecular complexity index is 535. The van der Waals surface area contributed by atoms with Gasteiger partial charge < -0.3 is 0 Å². The van der Waals surface area contributed by atoms with Crippen molar-refractivity contribution in [3.63, 3.8) is 0 Å². The summed E-state index contributed by atoms with van der Waals surface area (Å²) in [4.78, 5) is 12.6. The molecule has 0 amide bonds. The second-order valence-electron chi connectivity index (χ2n) is 8.09. The normalized spacial score (nSPS) is 11.1. The highest BCUT2D eigenvalue weighted by atomic mass is 35.5. The van der Waals surface area contributed by atoms with Crippen LogP contribution in [0, 0.1) is 13.8 Å². The summed E-state index contributed by atoms with van der Waals surface area (Å²) in [5, 5.41) is 0. The molecule has 0 N–H and O–H groups in total. The summed E-state index contributed by atoms with van der Waals surface area (Å²) in [6, 6.07) is 4.07. The first-order chi connectivity index (χ1) is 13.1. The summed E-state index contributed by atoms with van der Waals surface area (Å²) in [7, 11) is 0. The third-order valence-electron chi connectivity index (χ3n) is 5.75. The molecule has 0 radical (unpaired) electrons. The number of benzene rings is 1. The van der Waals surface area contributed by atoms with Crippen LogP contribution in [0.1, 0.15) is 124 Å². The highest BCUT2D eigenvalue weighted by Gasteiger charge is 2.14. The maximum absolute atomic E-state index is 12.6. The van der Waals surface area contributed by atoms with Gasteiger partial charge in [-0.2, -0.15) is 0 Å². The molecule has 27 heavy (non-hydrogen) atoms. The predicted molar refractivity (Wildman–Crippen MR) is 120 cm³/mol. The number of alkyl halides is 1. The van der Waals surface area contributed by atoms with Crippen LogP contribution in [-0.4, -0.2) is 5.78 Å². The van der Waals surface area contributed by atoms with E-state index in [1.54, 1.807) is 0 Å². The average Bonchev–Trinajstić information content (AvgIpc) is 2.67. The standard InChI is InChI=1S/C25H41ClO/c1-4-5-6-7-8-9-10-11-12-13-14-15-16-17-24(27)25-22(3)21(2)18-19-23(25)20-26/h18-19H,4-17,20H2,1-3H3. The summed E-state index contributed by atoms with van der Waals surface area (Å²) in [5.74, 6) is 0.691. The van der Waals surface area contributed by atoms with Crippen LogP contribution in [-0.2, 0) is 5.88 Å². The Labute approximate surface area is 173 Å². The highest BCUT2D eigenvalue weighted by Crippen LogP contribution is 2.23. The lowest BCUT2D eigenvalue weighted by molar-refractivity contribution is 0.0977. The fraction of sp³-hybridized carbons (Fsp3) is 0.720. The molecule has 0 saturated heterocycles. The van der Waals surface area contributed by atoms with E-state index in [9.17, 15) is 4.79 Å². The number of rotatable bonds is 16. The van der Waals surface area contributed by atoms with Crippen molar-refractivity contribution in [2.45, 2.75) is 117 Å². The van der Waals surface area contributed by atoms with Gasteiger partial charge in [-0.15, -0.1) is 11.6 Å². The van der Waals surface area contributed by atoms with Gasteiger partial charge in [-0.3, -0.25) is 4.79 Å². The molecule has 0 spiro atoms. The highest BCUT2D eigenvalue weighted by molar-refractivity contribution is 6.18. The minimum atomic E-state index is 0.273. The molecule has 0 aromatic heterocycles. The minimum absolute atomic E-state index is 0.273. The Morgan fingerprint density at radius 1 is 0.778 bits per heavy atom. The summed E-state index contributed by atoms with van der Waals surface area (Å²) in [5.41, 5.74) is 4.15. The number of carbonyl (C=O) groups is 1. The maximum Gasteiger partial charge on any atom is 0.163 e. The molecule has 0 saturated carbocycles. The number of hydrogen-bond donors (Lipinski definition) is 0. The van der Waals surface area contributed by atoms with Crippen LogP contribution in [0.15, 0.2) is 12.1 Å². The molecular weight excluding hydrogens is 352 g/mol. The molecule has 2 heteroatoms. The Kier molecular flexibility index (Phi) is 13.6. The van der Waals surface area contributed by atoms with Gasteiger partial charge in [0.25, 0.3) is 0 Å². The van der Waals surface area contributed by atoms with Gasteiger partial charge in [0.1, 0.15) is 0 Å². The van der Waals surface area contributed by atoms with E-state index in [4.69, 9.17) is 11.6 Å². The third-order valence-corrected chi connectivity index (χ3v) is 6.04. The van der Waals surface area contributed by atoms with Crippen molar-refractivity contribution in [1.82, 2.24) is 0 Å². The molecule has 1 nitrogen and oxygen atoms in total. The molecule has 1 rings (SSSR count). The Morgan fingerprint density at radius 2 is 1.26 bits per heavy atom. The molecule has 0 heterocycles. The van der Waals surface area contributed by atoms with Gasteiger partial charge in [0.2, 0.25) is 0 Å². The zero-order chi connectivity index (χ0) is 19.9. The zero-order valence-electron chi connectivity index (χ0n) is 18.0. The monoisotopic (exact) mass is 392 g/mol. The van der Waals surface area contributed by atoms with Gasteiger partial charge in [0.05, 0.1) is 0 Å². The second-order valence-corrected chi connectivity index (χ2v) is 8.36. The quantitative estimate of drug-likeness (QED) is 0.156. The summed E-state index contributed by atoms with van der Waals surface area (Å²) < 4.78 is 0. The number of unbranched alkanes of at least 4 members (excludes halogenated alkanes) is 12. The molecule has 0 aliphatic rings. The van der Waals surface area contributed by atoms with Crippen LogP contribution in [0.2, 0.25) is 0 Å². The Morgan fingerprint density at radius 3 is 1.74 bits per heavy atom. The SMILES string of the molecule is CCCCCCCCCCCCCCCC(=O)c1c(CCl)ccc(C)c1C. The fourth-order valence-corrected chi connectivity index (χ4v) is 4.02. The first-order valence-corrected chi connectivity index (χ1v) is 11.8. The van der Waals surface area contributed by atoms with Crippen LogP contribution in [0.25, 0.3) is 0 Å². The van der Waals surface area contributed by atoms with E-state index in [1.807, 2.05) is 13.0 Å². The minimum Gasteiger partial charge on any atom is -0.294 e. The van der Waals surface area contributed by atoms with E-state index in [0.29, 0.717) is 12.3 Å². The van der Waals surface area contributed by atoms with E-state index < -0.39 is 0 Å². The lowest BCUT2D eigenvalue weighted by Crippen LogP contribution is -2.07. The van der Waals surface area contributed by atoms with E-state index >= 15 is 0 Å². The third kappa shape index (κ3) is 9.79. The molecule has 0 bridgehead atoms. The molecule has 0 aliphatic heterocycles. The van der Waals surface area contributed by atoms with Crippen LogP contribution in [0.3, 0.4) is 0 Å². The summed E-state index contributed by atoms with van der Waals surface area (Å²) in [6.45, 7) is 6.38. The van der Waals surface area contributed by atoms with E-state index in [2.05, 4.69) is 19.9 Å². The van der Waals surface area contributed by atoms with Crippen LogP contribution in [0.5, 0.6) is 0 Å². The van der Waals surface area contributed by atoms with Crippen molar-refractivity contribution in [2.24, 2.45) is 0 Å². The van der Waals surface area contributed by atoms with Crippen LogP contribution in [0.4, 0.5) is 0 Å². The van der Waals surface area contributed by atoms with Gasteiger partial charge in [-0.25, -0.2) is 0 Å². The van der Waals surface area contributed by atoms with Crippen molar-refractivity contribution in [3.8, 4) is 0 Å². The molecule has 1 aromatic carbocycles. The largest absolute Gasteiger partial charge is 0.294 e. The van der Waals surface area contributed by atoms with Gasteiger partial charge in [0.15, 0.2) is 5.78 Å². The summed E-state index contributed by atoms with van der Waals surface area (Å²) >= 11 is 6.03. The summed E-state index contributed by atoms with van der Waals surface area (Å²) in [6.07, 6.45) is 18.0. The first-order valence-electron chi connectivity index (χ1n) is 11.3. The van der Waals surface area contributed by atoms with Crippen molar-refractivity contribution in [2.75, 3.05) is 0 Å². The Hall–Kier alpha value is -0.820. The number of hydrogen-bond acceptors (Lipinski definition) is 1. The zero-order valence-corrected chi connectivity index (χ0v) is 18.8. The van der Waals surface area contributed by atoms with Gasteiger partial charge >= 0.3 is 0 Å². The number of Topliss-reactive ketones (excluding diaryl/α,β-unsaturated/α-hetero) is 1. The van der Waals surface area contributed by atoms with Crippen LogP contribution < -0.4 is 0 Å². The van der Waals surface area contributed by atoms with Crippen molar-refractivity contribution >= 4 is 17.4 Å². The van der Waals surface area contributed by atoms with E-state index in [-0.39, 0.29) is 5.78 Å². The van der Waals surface area contributed by atoms with Crippen molar-refractivity contribution in [1.29, 1.82) is 0 Å². The Balaban J connectivity index is 2.09. The van der Waals surface area contributed by atoms with Gasteiger partial charge in [-0.1, -0.05) is 96.1 Å². The van der Waals surface area contributed by atoms with Gasteiger partial charge in [-0.05, 0) is 37.0 Å². The number of halogens is 1. The van der Waals surface area contributed by atoms with E-state index in [1.165, 1.54) is 82.6 Å². The molecule has 0 aliphatic carbocycles. The molecule has 0 unspecified atom stereocenters. The predicted octanol–water partition coefficient (Wildman–Crippen LogP) is 8.71. The number of carbonyl (C=O) groups excluding carboxylic acids is 1. The first kappa shape index (κ1) is 24.2. The average molecular weight is 393 g/mol. The molecular formula is C25H41ClO. The smallest absolute Gasteiger partial charge is 0.163 e. The lowest BCUT2D eigenvalue weighted by atomic mass is 9.93. The fourth-order valence-electron chi connectivity index (χ4n) is 3.80. The number of ketones is 1. The van der Waals surface area contributed by atoms with E-state index in [0.717, 1.165) is 23.1 Å². The topological polar surface area (TPSA) is 17.1 Å². The van der Waals surface area contributed by atoms with Crippen molar-refractivity contribution in [3.05, 3.63) is 34.4 Å². The van der Waals surface area contributed by atoms with Crippen molar-refractivity contribution < 1.29 is 4.79 Å². The second kappa shape index (κ2) is 15.1. The van der Waals surface area contributed by atoms with Crippen LogP contribution >= 0.6 is 11.6 Å². The maximum atomic E-state index is 12.6. The molecule has 154 valence electrons. The molecule has 0 atom stereocenters. The lowest BCUT2D eigenvalue weighted by Gasteiger charge is -2.12. The van der Waals surface area contributed by atoms with Gasteiger partial charge in [0, 0.05) is 17.9 Å². The number of aryl methyl sites for hydroxylation is 1.